The lowest BCUT2D eigenvalue weighted by molar-refractivity contribution is 0.0812. The molecule has 0 saturated carbocycles. The zero-order valence-corrected chi connectivity index (χ0v) is 7.64. The highest BCUT2D eigenvalue weighted by Gasteiger charge is 2.14. The molecule has 0 unspecified atom stereocenters. The molecule has 1 heterocycles. The summed E-state index contributed by atoms with van der Waals surface area (Å²) in [5, 5.41) is 8.40. The van der Waals surface area contributed by atoms with Crippen molar-refractivity contribution >= 4 is 11.7 Å². The van der Waals surface area contributed by atoms with E-state index in [2.05, 4.69) is 9.97 Å². The van der Waals surface area contributed by atoms with Gasteiger partial charge in [0.1, 0.15) is 24.3 Å². The van der Waals surface area contributed by atoms with E-state index in [-0.39, 0.29) is 23.8 Å². The molecule has 2 N–H and O–H groups in total. The van der Waals surface area contributed by atoms with Gasteiger partial charge in [-0.05, 0) is 0 Å². The normalized spacial score (nSPS) is 9.14. The van der Waals surface area contributed by atoms with Gasteiger partial charge in [0.05, 0.1) is 6.07 Å². The first kappa shape index (κ1) is 9.92. The van der Waals surface area contributed by atoms with Gasteiger partial charge in [0, 0.05) is 13.2 Å². The summed E-state index contributed by atoms with van der Waals surface area (Å²) in [6, 6.07) is 1.86. The Bertz CT molecular complexity index is 384. The smallest absolute Gasteiger partial charge is 0.259 e. The molecular weight excluding hydrogens is 182 g/mol. The van der Waals surface area contributed by atoms with Crippen LogP contribution in [0.4, 0.5) is 5.82 Å². The molecule has 0 atom stereocenters. The topological polar surface area (TPSA) is 95.9 Å². The van der Waals surface area contributed by atoms with Gasteiger partial charge in [-0.1, -0.05) is 0 Å². The molecule has 1 aromatic heterocycles. The molecule has 0 aromatic carbocycles. The molecule has 1 aromatic rings. The van der Waals surface area contributed by atoms with Gasteiger partial charge in [-0.25, -0.2) is 9.97 Å². The molecule has 14 heavy (non-hydrogen) atoms. The largest absolute Gasteiger partial charge is 0.383 e. The molecule has 6 nitrogen and oxygen atoms in total. The highest BCUT2D eigenvalue weighted by molar-refractivity contribution is 5.97. The van der Waals surface area contributed by atoms with Crippen LogP contribution in [-0.4, -0.2) is 34.4 Å². The van der Waals surface area contributed by atoms with Crippen molar-refractivity contribution in [3.63, 3.8) is 0 Å². The molecule has 6 heteroatoms. The zero-order chi connectivity index (χ0) is 10.6. The molecule has 0 radical (unpaired) electrons. The van der Waals surface area contributed by atoms with Crippen molar-refractivity contribution in [1.82, 2.24) is 14.9 Å². The molecule has 0 aliphatic heterocycles. The molecular formula is C8H9N5O. The molecule has 1 amide bonds. The van der Waals surface area contributed by atoms with Crippen molar-refractivity contribution in [1.29, 1.82) is 5.26 Å². The third kappa shape index (κ3) is 1.95. The number of anilines is 1. The summed E-state index contributed by atoms with van der Waals surface area (Å²) < 4.78 is 0. The van der Waals surface area contributed by atoms with Gasteiger partial charge in [0.15, 0.2) is 0 Å². The number of nitrogens with two attached hydrogens (primary N) is 1. The molecule has 0 spiro atoms. The highest BCUT2D eigenvalue weighted by Crippen LogP contribution is 2.07. The van der Waals surface area contributed by atoms with Crippen molar-refractivity contribution in [2.24, 2.45) is 0 Å². The van der Waals surface area contributed by atoms with Crippen LogP contribution in [-0.2, 0) is 0 Å². The fourth-order valence-corrected chi connectivity index (χ4v) is 0.887. The number of nitrogens with zero attached hydrogens (tertiary/aromatic N) is 4. The first-order chi connectivity index (χ1) is 6.66. The number of hydrogen-bond acceptors (Lipinski definition) is 5. The highest BCUT2D eigenvalue weighted by atomic mass is 16.2. The number of nitriles is 1. The maximum absolute atomic E-state index is 11.6. The van der Waals surface area contributed by atoms with E-state index in [1.165, 1.54) is 24.5 Å². The number of nitrogen functional groups attached to an aromatic ring is 1. The monoisotopic (exact) mass is 191 g/mol. The van der Waals surface area contributed by atoms with Crippen LogP contribution >= 0.6 is 0 Å². The van der Waals surface area contributed by atoms with Gasteiger partial charge in [0.2, 0.25) is 0 Å². The van der Waals surface area contributed by atoms with Crippen LogP contribution in [0, 0.1) is 11.3 Å². The minimum absolute atomic E-state index is 0.00711. The molecule has 0 bridgehead atoms. The van der Waals surface area contributed by atoms with Gasteiger partial charge < -0.3 is 10.6 Å². The fourth-order valence-electron chi connectivity index (χ4n) is 0.887. The third-order valence-corrected chi connectivity index (χ3v) is 1.63. The van der Waals surface area contributed by atoms with E-state index in [4.69, 9.17) is 11.0 Å². The summed E-state index contributed by atoms with van der Waals surface area (Å²) in [7, 11) is 1.51. The molecule has 0 saturated heterocycles. The van der Waals surface area contributed by atoms with Crippen LogP contribution in [0.1, 0.15) is 10.4 Å². The van der Waals surface area contributed by atoms with Crippen molar-refractivity contribution in [2.75, 3.05) is 19.3 Å². The Morgan fingerprint density at radius 1 is 1.79 bits per heavy atom. The lowest BCUT2D eigenvalue weighted by Gasteiger charge is -2.12. The van der Waals surface area contributed by atoms with Crippen molar-refractivity contribution in [2.45, 2.75) is 0 Å². The Kier molecular flexibility index (Phi) is 2.97. The summed E-state index contributed by atoms with van der Waals surface area (Å²) in [6.07, 6.45) is 2.59. The minimum Gasteiger partial charge on any atom is -0.383 e. The van der Waals surface area contributed by atoms with Crippen LogP contribution in [0.25, 0.3) is 0 Å². The third-order valence-electron chi connectivity index (χ3n) is 1.63. The number of aromatic nitrogens is 2. The lowest BCUT2D eigenvalue weighted by atomic mass is 10.3. The Morgan fingerprint density at radius 2 is 2.50 bits per heavy atom. The van der Waals surface area contributed by atoms with Crippen molar-refractivity contribution in [3.05, 3.63) is 18.1 Å². The Balaban J connectivity index is 2.91. The van der Waals surface area contributed by atoms with Crippen LogP contribution in [0.5, 0.6) is 0 Å². The van der Waals surface area contributed by atoms with E-state index in [9.17, 15) is 4.79 Å². The van der Waals surface area contributed by atoms with E-state index in [1.54, 1.807) is 0 Å². The molecule has 0 aliphatic carbocycles. The van der Waals surface area contributed by atoms with Crippen LogP contribution < -0.4 is 5.73 Å². The minimum atomic E-state index is -0.357. The van der Waals surface area contributed by atoms with Crippen LogP contribution in [0.2, 0.25) is 0 Å². The number of carbonyl (C=O) groups excluding carboxylic acids is 1. The van der Waals surface area contributed by atoms with Gasteiger partial charge >= 0.3 is 0 Å². The summed E-state index contributed by atoms with van der Waals surface area (Å²) >= 11 is 0. The zero-order valence-electron chi connectivity index (χ0n) is 7.64. The number of amides is 1. The summed E-state index contributed by atoms with van der Waals surface area (Å²) in [5.41, 5.74) is 5.69. The fraction of sp³-hybridized carbons (Fsp3) is 0.250. The quantitative estimate of drug-likeness (QED) is 0.645. The summed E-state index contributed by atoms with van der Waals surface area (Å²) in [6.45, 7) is 0.00711. The predicted molar refractivity (Wildman–Crippen MR) is 49.0 cm³/mol. The van der Waals surface area contributed by atoms with Gasteiger partial charge in [-0.15, -0.1) is 0 Å². The summed E-state index contributed by atoms with van der Waals surface area (Å²) in [5.74, 6) is -0.237. The lowest BCUT2D eigenvalue weighted by Crippen LogP contribution is -2.28. The Hall–Kier alpha value is -2.16. The maximum Gasteiger partial charge on any atom is 0.259 e. The van der Waals surface area contributed by atoms with Crippen LogP contribution in [0.3, 0.4) is 0 Å². The first-order valence-electron chi connectivity index (χ1n) is 3.84. The van der Waals surface area contributed by atoms with E-state index < -0.39 is 0 Å². The average molecular weight is 191 g/mol. The molecule has 1 rings (SSSR count). The van der Waals surface area contributed by atoms with Crippen molar-refractivity contribution < 1.29 is 4.79 Å². The van der Waals surface area contributed by atoms with Gasteiger partial charge in [-0.2, -0.15) is 5.26 Å². The standard InChI is InChI=1S/C8H9N5O/c1-13(3-2-9)8(14)6-4-11-5-12-7(6)10/h4-5H,3H2,1H3,(H2,10,11,12). The maximum atomic E-state index is 11.6. The second-order valence-corrected chi connectivity index (χ2v) is 2.64. The average Bonchev–Trinajstić information content (AvgIpc) is 2.18. The first-order valence-corrected chi connectivity index (χ1v) is 3.84. The molecule has 72 valence electrons. The molecule has 0 aliphatic rings. The molecule has 0 fully saturated rings. The second-order valence-electron chi connectivity index (χ2n) is 2.64. The Labute approximate surface area is 81.0 Å². The van der Waals surface area contributed by atoms with Gasteiger partial charge in [-0.3, -0.25) is 4.79 Å². The van der Waals surface area contributed by atoms with Gasteiger partial charge in [0.25, 0.3) is 5.91 Å². The SMILES string of the molecule is CN(CC#N)C(=O)c1cncnc1N. The number of hydrogen-bond donors (Lipinski definition) is 1. The second kappa shape index (κ2) is 4.18. The summed E-state index contributed by atoms with van der Waals surface area (Å²) in [4.78, 5) is 20.2. The van der Waals surface area contributed by atoms with E-state index in [1.807, 2.05) is 6.07 Å². The number of rotatable bonds is 2. The van der Waals surface area contributed by atoms with Crippen LogP contribution in [0.15, 0.2) is 12.5 Å². The number of carbonyl (C=O) groups is 1. The Morgan fingerprint density at radius 3 is 3.07 bits per heavy atom. The van der Waals surface area contributed by atoms with E-state index in [0.29, 0.717) is 0 Å². The predicted octanol–water partition coefficient (Wildman–Crippen LogP) is -0.346. The van der Waals surface area contributed by atoms with Crippen molar-refractivity contribution in [3.8, 4) is 6.07 Å². The van der Waals surface area contributed by atoms with E-state index in [0.717, 1.165) is 0 Å². The van der Waals surface area contributed by atoms with E-state index >= 15 is 0 Å².